The molecule has 26 heavy (non-hydrogen) atoms. The van der Waals surface area contributed by atoms with E-state index in [-0.39, 0.29) is 22.8 Å². The Hall–Kier alpha value is -1.55. The van der Waals surface area contributed by atoms with Gasteiger partial charge in [0.1, 0.15) is 5.41 Å². The molecule has 0 bridgehead atoms. The Morgan fingerprint density at radius 1 is 1.27 bits per heavy atom. The van der Waals surface area contributed by atoms with Gasteiger partial charge in [-0.05, 0) is 54.9 Å². The van der Waals surface area contributed by atoms with Gasteiger partial charge in [0.15, 0.2) is 0 Å². The number of aryl methyl sites for hydroxylation is 1. The number of benzene rings is 1. The van der Waals surface area contributed by atoms with Gasteiger partial charge in [-0.3, -0.25) is 4.79 Å². The van der Waals surface area contributed by atoms with Gasteiger partial charge >= 0.3 is 5.97 Å². The normalized spacial score (nSPS) is 28.0. The Labute approximate surface area is 158 Å². The largest absolute Gasteiger partial charge is 0.546 e. The highest BCUT2D eigenvalue weighted by Gasteiger charge is 2.74. The minimum Gasteiger partial charge on any atom is -0.546 e. The fourth-order valence-corrected chi connectivity index (χ4v) is 5.53. The molecule has 3 nitrogen and oxygen atoms in total. The molecule has 3 atom stereocenters. The smallest absolute Gasteiger partial charge is 0.320 e. The van der Waals surface area contributed by atoms with Crippen LogP contribution in [-0.4, -0.2) is 21.4 Å². The fraction of sp³-hybridized carbons (Fsp3) is 0.591. The van der Waals surface area contributed by atoms with Crippen molar-refractivity contribution in [3.05, 3.63) is 47.2 Å². The summed E-state index contributed by atoms with van der Waals surface area (Å²) in [4.78, 5) is 13.1. The van der Waals surface area contributed by atoms with E-state index in [2.05, 4.69) is 58.1 Å². The number of carbonyl (C=O) groups excluding carboxylic acids is 1. The highest BCUT2D eigenvalue weighted by molar-refractivity contribution is 6.74. The third-order valence-electron chi connectivity index (χ3n) is 6.85. The molecule has 0 radical (unpaired) electrons. The predicted octanol–water partition coefficient (Wildman–Crippen LogP) is 5.43. The number of ether oxygens (including phenoxy) is 1. The zero-order valence-corrected chi connectivity index (χ0v) is 18.2. The summed E-state index contributed by atoms with van der Waals surface area (Å²) in [5.74, 6) is 1.15. The van der Waals surface area contributed by atoms with E-state index < -0.39 is 13.7 Å². The Bertz CT molecular complexity index is 744. The first-order valence-corrected chi connectivity index (χ1v) is 12.5. The molecule has 0 heterocycles. The summed E-state index contributed by atoms with van der Waals surface area (Å²) < 4.78 is 12.0. The van der Waals surface area contributed by atoms with Crippen LogP contribution in [0.15, 0.2) is 36.1 Å². The summed E-state index contributed by atoms with van der Waals surface area (Å²) in [6.07, 6.45) is 4.04. The standard InChI is InChI=1S/C22H32O3Si/c1-8-18(25-26(6,7)21(2,3)4)22(20(23)24-5)17-14-13-15-11-9-10-12-16(15)19(17)22/h8-12,17,19H,13-14H2,1-7H3/b18-8-/t17-,19+,22-/m0/s1. The Balaban J connectivity index is 2.05. The second kappa shape index (κ2) is 6.26. The van der Waals surface area contributed by atoms with Crippen LogP contribution in [0.3, 0.4) is 0 Å². The lowest BCUT2D eigenvalue weighted by Gasteiger charge is -2.39. The molecule has 0 N–H and O–H groups in total. The predicted molar refractivity (Wildman–Crippen MR) is 107 cm³/mol. The highest BCUT2D eigenvalue weighted by atomic mass is 28.4. The lowest BCUT2D eigenvalue weighted by molar-refractivity contribution is -0.147. The molecular weight excluding hydrogens is 340 g/mol. The molecule has 3 rings (SSSR count). The van der Waals surface area contributed by atoms with Crippen molar-refractivity contribution in [2.75, 3.05) is 7.11 Å². The average molecular weight is 373 g/mol. The Morgan fingerprint density at radius 3 is 2.50 bits per heavy atom. The number of fused-ring (bicyclic) bond motifs is 3. The summed E-state index contributed by atoms with van der Waals surface area (Å²) in [6.45, 7) is 13.2. The average Bonchev–Trinajstić information content (AvgIpc) is 3.28. The third kappa shape index (κ3) is 2.65. The SMILES string of the molecule is C/C=C(\O[Si](C)(C)C(C)(C)C)[C@]1(C(=O)OC)[C@@H]2c3ccccc3CC[C@@H]21. The molecule has 0 aromatic heterocycles. The summed E-state index contributed by atoms with van der Waals surface area (Å²) in [7, 11) is -0.549. The van der Waals surface area contributed by atoms with E-state index in [1.807, 2.05) is 13.0 Å². The van der Waals surface area contributed by atoms with E-state index in [1.165, 1.54) is 18.2 Å². The number of carbonyl (C=O) groups is 1. The van der Waals surface area contributed by atoms with Gasteiger partial charge in [-0.2, -0.15) is 0 Å². The van der Waals surface area contributed by atoms with Gasteiger partial charge in [-0.1, -0.05) is 51.1 Å². The van der Waals surface area contributed by atoms with Crippen LogP contribution in [-0.2, 0) is 20.4 Å². The van der Waals surface area contributed by atoms with E-state index >= 15 is 0 Å². The highest BCUT2D eigenvalue weighted by Crippen LogP contribution is 2.73. The summed E-state index contributed by atoms with van der Waals surface area (Å²) >= 11 is 0. The van der Waals surface area contributed by atoms with Crippen LogP contribution in [0.2, 0.25) is 18.1 Å². The lowest BCUT2D eigenvalue weighted by Crippen LogP contribution is -2.42. The number of hydrogen-bond acceptors (Lipinski definition) is 3. The van der Waals surface area contributed by atoms with E-state index in [4.69, 9.17) is 9.16 Å². The zero-order valence-electron chi connectivity index (χ0n) is 17.2. The molecule has 1 aromatic carbocycles. The molecule has 142 valence electrons. The quantitative estimate of drug-likeness (QED) is 0.401. The van der Waals surface area contributed by atoms with E-state index in [9.17, 15) is 4.79 Å². The second-order valence-electron chi connectivity index (χ2n) is 9.20. The molecule has 1 fully saturated rings. The first kappa shape index (κ1) is 19.2. The molecule has 0 amide bonds. The van der Waals surface area contributed by atoms with Crippen molar-refractivity contribution in [3.63, 3.8) is 0 Å². The number of allylic oxidation sites excluding steroid dienone is 1. The first-order chi connectivity index (χ1) is 12.1. The summed E-state index contributed by atoms with van der Waals surface area (Å²) in [5, 5.41) is 0.0799. The molecule has 0 unspecified atom stereocenters. The van der Waals surface area contributed by atoms with Crippen molar-refractivity contribution in [3.8, 4) is 0 Å². The molecule has 0 aliphatic heterocycles. The van der Waals surface area contributed by atoms with Crippen LogP contribution < -0.4 is 0 Å². The van der Waals surface area contributed by atoms with Crippen LogP contribution in [0.5, 0.6) is 0 Å². The zero-order chi connectivity index (χ0) is 19.3. The van der Waals surface area contributed by atoms with Crippen molar-refractivity contribution < 1.29 is 14.0 Å². The maximum absolute atomic E-state index is 13.1. The van der Waals surface area contributed by atoms with Crippen LogP contribution >= 0.6 is 0 Å². The number of esters is 1. The molecule has 1 saturated carbocycles. The van der Waals surface area contributed by atoms with Gasteiger partial charge in [0.2, 0.25) is 8.32 Å². The topological polar surface area (TPSA) is 35.5 Å². The second-order valence-corrected chi connectivity index (χ2v) is 13.9. The Morgan fingerprint density at radius 2 is 1.92 bits per heavy atom. The minimum absolute atomic E-state index is 0.0799. The van der Waals surface area contributed by atoms with E-state index in [1.54, 1.807) is 0 Å². The minimum atomic E-state index is -2.05. The lowest BCUT2D eigenvalue weighted by atomic mass is 9.91. The first-order valence-electron chi connectivity index (χ1n) is 9.63. The fourth-order valence-electron chi connectivity index (χ4n) is 4.39. The van der Waals surface area contributed by atoms with Gasteiger partial charge in [-0.25, -0.2) is 0 Å². The maximum atomic E-state index is 13.1. The van der Waals surface area contributed by atoms with Crippen molar-refractivity contribution in [2.24, 2.45) is 11.3 Å². The van der Waals surface area contributed by atoms with Gasteiger partial charge in [0.25, 0.3) is 0 Å². The number of rotatable bonds is 4. The molecule has 2 aliphatic carbocycles. The molecule has 2 aliphatic rings. The van der Waals surface area contributed by atoms with Crippen molar-refractivity contribution in [1.82, 2.24) is 0 Å². The van der Waals surface area contributed by atoms with E-state index in [0.717, 1.165) is 18.6 Å². The van der Waals surface area contributed by atoms with Crippen molar-refractivity contribution >= 4 is 14.3 Å². The monoisotopic (exact) mass is 372 g/mol. The van der Waals surface area contributed by atoms with Crippen LogP contribution in [0, 0.1) is 11.3 Å². The summed E-state index contributed by atoms with van der Waals surface area (Å²) in [5.41, 5.74) is 2.01. The molecule has 0 spiro atoms. The van der Waals surface area contributed by atoms with Crippen LogP contribution in [0.1, 0.15) is 51.2 Å². The van der Waals surface area contributed by atoms with E-state index in [0.29, 0.717) is 0 Å². The van der Waals surface area contributed by atoms with Crippen LogP contribution in [0.25, 0.3) is 0 Å². The molecular formula is C22H32O3Si. The number of hydrogen-bond donors (Lipinski definition) is 0. The third-order valence-corrected chi connectivity index (χ3v) is 11.2. The summed E-state index contributed by atoms with van der Waals surface area (Å²) in [6, 6.07) is 8.53. The maximum Gasteiger partial charge on any atom is 0.320 e. The van der Waals surface area contributed by atoms with Gasteiger partial charge in [0, 0.05) is 5.92 Å². The van der Waals surface area contributed by atoms with Crippen molar-refractivity contribution in [2.45, 2.75) is 64.6 Å². The number of methoxy groups -OCH3 is 1. The molecule has 1 aromatic rings. The molecule has 4 heteroatoms. The van der Waals surface area contributed by atoms with Gasteiger partial charge in [0.05, 0.1) is 12.9 Å². The van der Waals surface area contributed by atoms with Crippen molar-refractivity contribution in [1.29, 1.82) is 0 Å². The Kier molecular flexibility index (Phi) is 4.63. The van der Waals surface area contributed by atoms with Gasteiger partial charge in [-0.15, -0.1) is 0 Å². The van der Waals surface area contributed by atoms with Gasteiger partial charge < -0.3 is 9.16 Å². The van der Waals surface area contributed by atoms with Crippen LogP contribution in [0.4, 0.5) is 0 Å². The molecule has 0 saturated heterocycles.